The summed E-state index contributed by atoms with van der Waals surface area (Å²) in [6.45, 7) is 0. The van der Waals surface area contributed by atoms with Crippen LogP contribution in [0.1, 0.15) is 27.3 Å². The lowest BCUT2D eigenvalue weighted by Gasteiger charge is -2.02. The number of nitrogens with one attached hydrogen (secondary N) is 2. The number of hydrogen-bond donors (Lipinski definition) is 3. The maximum atomic E-state index is 11.8. The van der Waals surface area contributed by atoms with E-state index in [0.29, 0.717) is 22.8 Å². The van der Waals surface area contributed by atoms with E-state index < -0.39 is 5.91 Å². The summed E-state index contributed by atoms with van der Waals surface area (Å²) < 4.78 is 0. The smallest absolute Gasteiger partial charge is 0.254 e. The largest absolute Gasteiger partial charge is 0.365 e. The van der Waals surface area contributed by atoms with Crippen molar-refractivity contribution in [1.82, 2.24) is 20.2 Å². The zero-order valence-electron chi connectivity index (χ0n) is 12.0. The van der Waals surface area contributed by atoms with Gasteiger partial charge in [-0.1, -0.05) is 23.7 Å². The van der Waals surface area contributed by atoms with E-state index in [2.05, 4.69) is 25.2 Å². The Morgan fingerprint density at radius 3 is 3.00 bits per heavy atom. The summed E-state index contributed by atoms with van der Waals surface area (Å²) >= 11 is 5.98. The summed E-state index contributed by atoms with van der Waals surface area (Å²) in [5.41, 5.74) is 7.96. The fourth-order valence-corrected chi connectivity index (χ4v) is 2.38. The lowest BCUT2D eigenvalue weighted by Crippen LogP contribution is -2.13. The molecule has 0 fully saturated rings. The minimum absolute atomic E-state index is 0.240. The van der Waals surface area contributed by atoms with E-state index in [9.17, 15) is 4.79 Å². The number of primary amides is 1. The third-order valence-corrected chi connectivity index (χ3v) is 3.42. The van der Waals surface area contributed by atoms with Crippen LogP contribution in [0.3, 0.4) is 0 Å². The van der Waals surface area contributed by atoms with Gasteiger partial charge in [0.05, 0.1) is 30.1 Å². The van der Waals surface area contributed by atoms with Gasteiger partial charge in [0, 0.05) is 11.4 Å². The number of hydrogen-bond acceptors (Lipinski definition) is 4. The third kappa shape index (κ3) is 3.46. The van der Waals surface area contributed by atoms with Crippen LogP contribution in [0.15, 0.2) is 41.8 Å². The van der Waals surface area contributed by atoms with E-state index in [0.717, 1.165) is 5.56 Å². The zero-order valence-corrected chi connectivity index (χ0v) is 12.7. The first kappa shape index (κ1) is 15.0. The number of aromatic amines is 2. The van der Waals surface area contributed by atoms with Gasteiger partial charge in [0.1, 0.15) is 5.56 Å². The number of carbonyl (C=O) groups is 1. The number of rotatable bonds is 5. The molecule has 0 aliphatic heterocycles. The molecule has 1 aromatic carbocycles. The maximum Gasteiger partial charge on any atom is 0.254 e. The predicted molar refractivity (Wildman–Crippen MR) is 87.2 cm³/mol. The van der Waals surface area contributed by atoms with E-state index in [-0.39, 0.29) is 11.4 Å². The Labute approximate surface area is 136 Å². The molecule has 8 heteroatoms. The average Bonchev–Trinajstić information content (AvgIpc) is 3.14. The molecule has 4 N–H and O–H groups in total. The maximum absolute atomic E-state index is 11.8. The second-order valence-corrected chi connectivity index (χ2v) is 5.27. The van der Waals surface area contributed by atoms with Crippen LogP contribution in [-0.4, -0.2) is 32.3 Å². The first-order valence-corrected chi connectivity index (χ1v) is 7.15. The highest BCUT2D eigenvalue weighted by Gasteiger charge is 2.18. The monoisotopic (exact) mass is 328 g/mol. The van der Waals surface area contributed by atoms with Gasteiger partial charge in [-0.25, -0.2) is 9.98 Å². The third-order valence-electron chi connectivity index (χ3n) is 3.18. The highest BCUT2D eigenvalue weighted by Crippen LogP contribution is 2.22. The summed E-state index contributed by atoms with van der Waals surface area (Å²) in [6.07, 6.45) is 5.11. The highest BCUT2D eigenvalue weighted by atomic mass is 35.5. The Bertz CT molecular complexity index is 853. The van der Waals surface area contributed by atoms with Crippen molar-refractivity contribution < 1.29 is 4.79 Å². The Morgan fingerprint density at radius 2 is 2.30 bits per heavy atom. The lowest BCUT2D eigenvalue weighted by molar-refractivity contribution is 0.100. The van der Waals surface area contributed by atoms with Crippen molar-refractivity contribution in [2.45, 2.75) is 6.42 Å². The zero-order chi connectivity index (χ0) is 16.2. The fraction of sp³-hybridized carbons (Fsp3) is 0.0667. The number of halogens is 1. The van der Waals surface area contributed by atoms with E-state index in [1.807, 2.05) is 18.2 Å². The number of H-pyrrole nitrogens is 2. The van der Waals surface area contributed by atoms with Crippen molar-refractivity contribution in [3.05, 3.63) is 64.3 Å². The summed E-state index contributed by atoms with van der Waals surface area (Å²) in [6, 6.07) is 7.36. The molecule has 23 heavy (non-hydrogen) atoms. The molecule has 0 aliphatic carbocycles. The van der Waals surface area contributed by atoms with Crippen LogP contribution in [0.2, 0.25) is 5.02 Å². The number of nitrogens with two attached hydrogens (primary N) is 1. The molecule has 0 radical (unpaired) electrons. The first-order chi connectivity index (χ1) is 11.1. The number of aromatic nitrogens is 4. The van der Waals surface area contributed by atoms with Crippen molar-refractivity contribution in [3.63, 3.8) is 0 Å². The minimum atomic E-state index is -0.590. The van der Waals surface area contributed by atoms with E-state index in [4.69, 9.17) is 17.3 Å². The van der Waals surface area contributed by atoms with Crippen LogP contribution in [0, 0.1) is 0 Å². The SMILES string of the molecule is NC(=O)c1c(N=Cc2cnc[nH]2)n[nH]c1Cc1cccc(Cl)c1. The van der Waals surface area contributed by atoms with Gasteiger partial charge in [-0.3, -0.25) is 9.89 Å². The summed E-state index contributed by atoms with van der Waals surface area (Å²) in [5.74, 6) is -0.350. The highest BCUT2D eigenvalue weighted by molar-refractivity contribution is 6.30. The van der Waals surface area contributed by atoms with Crippen LogP contribution in [0.4, 0.5) is 5.82 Å². The molecule has 0 bridgehead atoms. The molecular formula is C15H13ClN6O. The van der Waals surface area contributed by atoms with Crippen LogP contribution in [-0.2, 0) is 6.42 Å². The molecule has 3 rings (SSSR count). The van der Waals surface area contributed by atoms with Crippen molar-refractivity contribution in [2.75, 3.05) is 0 Å². The second kappa shape index (κ2) is 6.45. The predicted octanol–water partition coefficient (Wildman–Crippen LogP) is 2.23. The molecule has 0 saturated carbocycles. The molecule has 1 amide bonds. The number of amides is 1. The molecule has 0 atom stereocenters. The van der Waals surface area contributed by atoms with Gasteiger partial charge in [0.2, 0.25) is 0 Å². The first-order valence-electron chi connectivity index (χ1n) is 6.77. The van der Waals surface area contributed by atoms with Gasteiger partial charge in [0.25, 0.3) is 5.91 Å². The van der Waals surface area contributed by atoms with Crippen molar-refractivity contribution >= 4 is 29.5 Å². The molecule has 7 nitrogen and oxygen atoms in total. The van der Waals surface area contributed by atoms with E-state index in [1.165, 1.54) is 12.5 Å². The molecule has 2 heterocycles. The van der Waals surface area contributed by atoms with Crippen molar-refractivity contribution in [1.29, 1.82) is 0 Å². The molecule has 116 valence electrons. The Kier molecular flexibility index (Phi) is 4.20. The number of nitrogens with zero attached hydrogens (tertiary/aromatic N) is 3. The van der Waals surface area contributed by atoms with Gasteiger partial charge in [-0.2, -0.15) is 5.10 Å². The molecule has 0 aliphatic rings. The summed E-state index contributed by atoms with van der Waals surface area (Å²) in [7, 11) is 0. The number of carbonyl (C=O) groups excluding carboxylic acids is 1. The molecule has 2 aromatic heterocycles. The fourth-order valence-electron chi connectivity index (χ4n) is 2.17. The van der Waals surface area contributed by atoms with Crippen LogP contribution < -0.4 is 5.73 Å². The molecule has 0 spiro atoms. The molecule has 3 aromatic rings. The molecule has 0 saturated heterocycles. The molecule has 0 unspecified atom stereocenters. The van der Waals surface area contributed by atoms with Crippen molar-refractivity contribution in [3.8, 4) is 0 Å². The summed E-state index contributed by atoms with van der Waals surface area (Å²) in [4.78, 5) is 22.7. The van der Waals surface area contributed by atoms with Gasteiger partial charge < -0.3 is 10.7 Å². The van der Waals surface area contributed by atoms with Gasteiger partial charge in [0.15, 0.2) is 5.82 Å². The number of aliphatic imine (C=N–C) groups is 1. The second-order valence-electron chi connectivity index (χ2n) is 4.84. The quantitative estimate of drug-likeness (QED) is 0.624. The van der Waals surface area contributed by atoms with Gasteiger partial charge in [-0.15, -0.1) is 0 Å². The Hall–Kier alpha value is -2.93. The Balaban J connectivity index is 1.91. The van der Waals surface area contributed by atoms with Crippen molar-refractivity contribution in [2.24, 2.45) is 10.7 Å². The van der Waals surface area contributed by atoms with Crippen LogP contribution in [0.25, 0.3) is 0 Å². The molecular weight excluding hydrogens is 316 g/mol. The lowest BCUT2D eigenvalue weighted by atomic mass is 10.1. The summed E-state index contributed by atoms with van der Waals surface area (Å²) in [5, 5.41) is 7.51. The average molecular weight is 329 g/mol. The van der Waals surface area contributed by atoms with E-state index in [1.54, 1.807) is 12.3 Å². The van der Waals surface area contributed by atoms with Crippen LogP contribution >= 0.6 is 11.6 Å². The standard InChI is InChI=1S/C15H13ClN6O/c16-10-3-1-2-9(4-10)5-12-13(14(17)23)15(22-21-12)19-7-11-6-18-8-20-11/h1-4,6-8H,5H2,(H2,17,23)(H,18,20)(H,21,22). The van der Waals surface area contributed by atoms with Crippen LogP contribution in [0.5, 0.6) is 0 Å². The van der Waals surface area contributed by atoms with E-state index >= 15 is 0 Å². The number of imidazole rings is 1. The normalized spacial score (nSPS) is 11.2. The van der Waals surface area contributed by atoms with Gasteiger partial charge >= 0.3 is 0 Å². The Morgan fingerprint density at radius 1 is 1.43 bits per heavy atom. The number of benzene rings is 1. The topological polar surface area (TPSA) is 113 Å². The van der Waals surface area contributed by atoms with Gasteiger partial charge in [-0.05, 0) is 17.7 Å². The minimum Gasteiger partial charge on any atom is -0.365 e.